The van der Waals surface area contributed by atoms with E-state index in [0.717, 1.165) is 0 Å². The summed E-state index contributed by atoms with van der Waals surface area (Å²) in [6.07, 6.45) is -8.65. The molecule has 3 aromatic carbocycles. The van der Waals surface area contributed by atoms with Crippen LogP contribution in [0.2, 0.25) is 0 Å². The number of aliphatic hydroxyl groups excluding tert-OH is 2. The van der Waals surface area contributed by atoms with Gasteiger partial charge >= 0.3 is 17.9 Å². The van der Waals surface area contributed by atoms with E-state index >= 15 is 0 Å². The Balaban J connectivity index is 1.12. The molecule has 1 aliphatic carbocycles. The van der Waals surface area contributed by atoms with E-state index in [1.807, 2.05) is 0 Å². The number of rotatable bonds is 9. The van der Waals surface area contributed by atoms with Gasteiger partial charge in [0, 0.05) is 0 Å². The van der Waals surface area contributed by atoms with Crippen molar-refractivity contribution in [2.24, 2.45) is 5.92 Å². The monoisotopic (exact) mass is 674 g/mol. The minimum Gasteiger partial charge on any atom is -0.472 e. The maximum atomic E-state index is 13.0. The van der Waals surface area contributed by atoms with Crippen molar-refractivity contribution >= 4 is 17.9 Å². The minimum absolute atomic E-state index is 0.163. The van der Waals surface area contributed by atoms with E-state index < -0.39 is 90.8 Å². The molecule has 0 aromatic heterocycles. The molecule has 11 atom stereocenters. The van der Waals surface area contributed by atoms with Crippen LogP contribution in [0.1, 0.15) is 38.0 Å². The summed E-state index contributed by atoms with van der Waals surface area (Å²) in [7, 11) is 0. The van der Waals surface area contributed by atoms with Crippen LogP contribution in [-0.2, 0) is 33.2 Å². The molecule has 256 valence electrons. The maximum Gasteiger partial charge on any atom is 0.338 e. The normalized spacial score (nSPS) is 35.6. The second-order valence-electron chi connectivity index (χ2n) is 12.4. The summed E-state index contributed by atoms with van der Waals surface area (Å²) in [5, 5.41) is 34.6. The summed E-state index contributed by atoms with van der Waals surface area (Å²) < 4.78 is 40.6. The van der Waals surface area contributed by atoms with E-state index in [9.17, 15) is 29.7 Å². The molecule has 7 rings (SSSR count). The van der Waals surface area contributed by atoms with Crippen LogP contribution in [0, 0.1) is 5.92 Å². The molecule has 2 saturated heterocycles. The minimum atomic E-state index is -1.81. The molecule has 0 radical (unpaired) electrons. The lowest BCUT2D eigenvalue weighted by Crippen LogP contribution is -2.63. The third-order valence-electron chi connectivity index (χ3n) is 9.35. The van der Waals surface area contributed by atoms with Gasteiger partial charge in [-0.05, 0) is 49.4 Å². The highest BCUT2D eigenvalue weighted by atomic mass is 16.8. The van der Waals surface area contributed by atoms with Crippen LogP contribution in [0.5, 0.6) is 0 Å². The molecule has 13 heteroatoms. The summed E-state index contributed by atoms with van der Waals surface area (Å²) in [5.41, 5.74) is -2.18. The molecule has 3 N–H and O–H groups in total. The Morgan fingerprint density at radius 3 is 1.90 bits per heavy atom. The largest absolute Gasteiger partial charge is 0.472 e. The molecule has 3 aromatic rings. The molecule has 13 nitrogen and oxygen atoms in total. The fourth-order valence-corrected chi connectivity index (χ4v) is 6.75. The van der Waals surface area contributed by atoms with Crippen LogP contribution < -0.4 is 0 Å². The topological polar surface area (TPSA) is 180 Å². The number of hydrogen-bond acceptors (Lipinski definition) is 13. The Bertz CT molecular complexity index is 1700. The zero-order valence-corrected chi connectivity index (χ0v) is 26.1. The molecule has 49 heavy (non-hydrogen) atoms. The number of ether oxygens (including phenoxy) is 7. The summed E-state index contributed by atoms with van der Waals surface area (Å²) in [6.45, 7) is 1.21. The lowest BCUT2D eigenvalue weighted by Gasteiger charge is -2.45. The number of fused-ring (bicyclic) bond motifs is 3. The molecule has 3 heterocycles. The maximum absolute atomic E-state index is 13.0. The quantitative estimate of drug-likeness (QED) is 0.171. The van der Waals surface area contributed by atoms with Gasteiger partial charge in [0.15, 0.2) is 18.5 Å². The van der Waals surface area contributed by atoms with E-state index in [2.05, 4.69) is 0 Å². The summed E-state index contributed by atoms with van der Waals surface area (Å²) in [6, 6.07) is 24.4. The van der Waals surface area contributed by atoms with Crippen LogP contribution in [-0.4, -0.2) is 100 Å². The molecule has 0 amide bonds. The van der Waals surface area contributed by atoms with Crippen molar-refractivity contribution in [2.75, 3.05) is 6.61 Å². The summed E-state index contributed by atoms with van der Waals surface area (Å²) in [4.78, 5) is 38.7. The Kier molecular flexibility index (Phi) is 8.73. The Hall–Kier alpha value is -4.63. The highest BCUT2D eigenvalue weighted by Crippen LogP contribution is 2.62. The molecule has 0 bridgehead atoms. The van der Waals surface area contributed by atoms with Crippen LogP contribution in [0.3, 0.4) is 0 Å². The average molecular weight is 675 g/mol. The second-order valence-corrected chi connectivity index (χ2v) is 12.4. The van der Waals surface area contributed by atoms with Gasteiger partial charge in [-0.2, -0.15) is 0 Å². The number of esters is 3. The van der Waals surface area contributed by atoms with Crippen molar-refractivity contribution in [1.29, 1.82) is 0 Å². The zero-order valence-electron chi connectivity index (χ0n) is 26.1. The van der Waals surface area contributed by atoms with Crippen molar-refractivity contribution in [3.63, 3.8) is 0 Å². The number of benzene rings is 3. The lowest BCUT2D eigenvalue weighted by molar-refractivity contribution is -0.349. The van der Waals surface area contributed by atoms with E-state index in [1.165, 1.54) is 24.5 Å². The molecule has 3 aliphatic heterocycles. The first-order valence-corrected chi connectivity index (χ1v) is 15.7. The van der Waals surface area contributed by atoms with Crippen LogP contribution in [0.15, 0.2) is 103 Å². The van der Waals surface area contributed by atoms with Crippen molar-refractivity contribution in [3.05, 3.63) is 120 Å². The Morgan fingerprint density at radius 1 is 0.755 bits per heavy atom. The van der Waals surface area contributed by atoms with Gasteiger partial charge in [-0.25, -0.2) is 14.4 Å². The molecule has 3 fully saturated rings. The first kappa shape index (κ1) is 32.9. The number of carbonyl (C=O) groups excluding carboxylic acids is 3. The van der Waals surface area contributed by atoms with Crippen molar-refractivity contribution in [2.45, 2.75) is 67.3 Å². The van der Waals surface area contributed by atoms with E-state index in [-0.39, 0.29) is 16.7 Å². The van der Waals surface area contributed by atoms with Gasteiger partial charge in [0.1, 0.15) is 42.2 Å². The Morgan fingerprint density at radius 2 is 1.31 bits per heavy atom. The molecule has 1 saturated carbocycles. The molecule has 2 unspecified atom stereocenters. The number of hydrogen-bond donors (Lipinski definition) is 3. The predicted molar refractivity (Wildman–Crippen MR) is 166 cm³/mol. The van der Waals surface area contributed by atoms with Crippen LogP contribution >= 0.6 is 0 Å². The number of aliphatic hydroxyl groups is 3. The number of carbonyl (C=O) groups is 3. The van der Waals surface area contributed by atoms with Gasteiger partial charge in [-0.1, -0.05) is 54.6 Å². The van der Waals surface area contributed by atoms with Gasteiger partial charge < -0.3 is 48.5 Å². The summed E-state index contributed by atoms with van der Waals surface area (Å²) >= 11 is 0. The fourth-order valence-electron chi connectivity index (χ4n) is 6.75. The molecule has 4 aliphatic rings. The van der Waals surface area contributed by atoms with Gasteiger partial charge in [0.05, 0.1) is 28.9 Å². The molecular formula is C36H34O13. The smallest absolute Gasteiger partial charge is 0.338 e. The SMILES string of the molecule is C[C@]12O[C@H]1[C@@H](OC(=O)c1ccccc1)[C@]1(O)C=COC(O[C@@H]3O[C@H](COC(=O)c4ccccc4)[C@@H](O)[C@H](OC(=O)c4ccccc4)[C@H]3O)C12. The van der Waals surface area contributed by atoms with Crippen molar-refractivity contribution < 1.29 is 62.9 Å². The number of epoxide rings is 1. The molecular weight excluding hydrogens is 640 g/mol. The van der Waals surface area contributed by atoms with Gasteiger partial charge in [0.2, 0.25) is 6.29 Å². The Labute approximate surface area is 280 Å². The van der Waals surface area contributed by atoms with Crippen LogP contribution in [0.4, 0.5) is 0 Å². The average Bonchev–Trinajstić information content (AvgIpc) is 3.75. The first-order valence-electron chi connectivity index (χ1n) is 15.7. The van der Waals surface area contributed by atoms with E-state index in [0.29, 0.717) is 0 Å². The van der Waals surface area contributed by atoms with Gasteiger partial charge in [0.25, 0.3) is 0 Å². The molecule has 0 spiro atoms. The third kappa shape index (κ3) is 6.09. The summed E-state index contributed by atoms with van der Waals surface area (Å²) in [5.74, 6) is -3.19. The second kappa shape index (κ2) is 13.0. The first-order chi connectivity index (χ1) is 23.6. The van der Waals surface area contributed by atoms with Crippen molar-refractivity contribution in [3.8, 4) is 0 Å². The van der Waals surface area contributed by atoms with Gasteiger partial charge in [-0.15, -0.1) is 0 Å². The highest BCUT2D eigenvalue weighted by molar-refractivity contribution is 5.90. The van der Waals surface area contributed by atoms with E-state index in [4.69, 9.17) is 33.2 Å². The fraction of sp³-hybridized carbons (Fsp3) is 0.361. The lowest BCUT2D eigenvalue weighted by atomic mass is 9.82. The van der Waals surface area contributed by atoms with Crippen molar-refractivity contribution in [1.82, 2.24) is 0 Å². The highest BCUT2D eigenvalue weighted by Gasteiger charge is 2.81. The van der Waals surface area contributed by atoms with Gasteiger partial charge in [-0.3, -0.25) is 0 Å². The van der Waals surface area contributed by atoms with E-state index in [1.54, 1.807) is 85.8 Å². The predicted octanol–water partition coefficient (Wildman–Crippen LogP) is 2.15. The standard InChI is InChI=1S/C36H34O13/c1-35-27-34(43-18-17-36(27,42)29(28(35)49-35)47-32(41)22-15-9-4-10-16-22)48-33-25(38)26(46-31(40)21-13-7-3-8-14-21)24(37)23(45-33)19-44-30(39)20-11-5-2-6-12-20/h2-18,23-29,33-34,37-38,42H,19H2,1H3/t23-,24-,25-,26+,27?,28+,29-,33+,34?,35-,36+/m1/s1. The van der Waals surface area contributed by atoms with Crippen LogP contribution in [0.25, 0.3) is 0 Å². The third-order valence-corrected chi connectivity index (χ3v) is 9.35. The zero-order chi connectivity index (χ0) is 34.3.